The summed E-state index contributed by atoms with van der Waals surface area (Å²) >= 11 is 0. The van der Waals surface area contributed by atoms with Crippen LogP contribution in [-0.2, 0) is 6.54 Å². The largest absolute Gasteiger partial charge is 0.334 e. The predicted molar refractivity (Wildman–Crippen MR) is 62.0 cm³/mol. The molecule has 1 aromatic heterocycles. The second kappa shape index (κ2) is 4.45. The number of benzene rings is 1. The average molecular weight is 217 g/mol. The van der Waals surface area contributed by atoms with E-state index in [4.69, 9.17) is 4.52 Å². The second-order valence-electron chi connectivity index (χ2n) is 3.86. The lowest BCUT2D eigenvalue weighted by Gasteiger charge is -2.01. The van der Waals surface area contributed by atoms with Crippen LogP contribution in [-0.4, -0.2) is 17.2 Å². The lowest BCUT2D eigenvalue weighted by Crippen LogP contribution is -2.06. The lowest BCUT2D eigenvalue weighted by molar-refractivity contribution is 0.420. The van der Waals surface area contributed by atoms with Crippen LogP contribution in [0.5, 0.6) is 0 Å². The van der Waals surface area contributed by atoms with Gasteiger partial charge in [0.25, 0.3) is 5.89 Å². The van der Waals surface area contributed by atoms with E-state index < -0.39 is 0 Å². The van der Waals surface area contributed by atoms with E-state index >= 15 is 0 Å². The van der Waals surface area contributed by atoms with Gasteiger partial charge >= 0.3 is 0 Å². The van der Waals surface area contributed by atoms with Gasteiger partial charge in [0, 0.05) is 5.56 Å². The fourth-order valence-electron chi connectivity index (χ4n) is 1.65. The molecule has 0 aliphatic heterocycles. The number of hydrogen-bond donors (Lipinski definition) is 1. The fourth-order valence-corrected chi connectivity index (χ4v) is 1.65. The molecule has 0 aliphatic carbocycles. The van der Waals surface area contributed by atoms with Gasteiger partial charge in [0.1, 0.15) is 0 Å². The van der Waals surface area contributed by atoms with Crippen molar-refractivity contribution < 1.29 is 4.52 Å². The first kappa shape index (κ1) is 10.8. The van der Waals surface area contributed by atoms with Crippen LogP contribution in [0.2, 0.25) is 0 Å². The molecule has 0 aliphatic rings. The number of hydrogen-bond acceptors (Lipinski definition) is 4. The van der Waals surface area contributed by atoms with Crippen LogP contribution in [0.3, 0.4) is 0 Å². The highest BCUT2D eigenvalue weighted by Crippen LogP contribution is 2.22. The van der Waals surface area contributed by atoms with Crippen LogP contribution < -0.4 is 5.32 Å². The van der Waals surface area contributed by atoms with Crippen molar-refractivity contribution in [3.8, 4) is 11.5 Å². The maximum absolute atomic E-state index is 5.22. The third-order valence-corrected chi connectivity index (χ3v) is 2.42. The molecular formula is C12H15N3O. The first-order valence-electron chi connectivity index (χ1n) is 5.25. The summed E-state index contributed by atoms with van der Waals surface area (Å²) in [6, 6.07) is 6.17. The number of aryl methyl sites for hydroxylation is 2. The molecule has 0 atom stereocenters. The van der Waals surface area contributed by atoms with Gasteiger partial charge in [-0.05, 0) is 32.5 Å². The summed E-state index contributed by atoms with van der Waals surface area (Å²) < 4.78 is 5.22. The van der Waals surface area contributed by atoms with Crippen molar-refractivity contribution in [2.24, 2.45) is 0 Å². The zero-order valence-corrected chi connectivity index (χ0v) is 9.74. The Morgan fingerprint density at radius 1 is 1.31 bits per heavy atom. The zero-order chi connectivity index (χ0) is 11.5. The van der Waals surface area contributed by atoms with Gasteiger partial charge in [-0.15, -0.1) is 0 Å². The summed E-state index contributed by atoms with van der Waals surface area (Å²) in [7, 11) is 1.85. The molecule has 2 aromatic rings. The van der Waals surface area contributed by atoms with Gasteiger partial charge in [0.05, 0.1) is 6.54 Å². The smallest absolute Gasteiger partial charge is 0.258 e. The predicted octanol–water partition coefficient (Wildman–Crippen LogP) is 2.07. The van der Waals surface area contributed by atoms with Gasteiger partial charge in [0.2, 0.25) is 0 Å². The fraction of sp³-hybridized carbons (Fsp3) is 0.333. The molecule has 84 valence electrons. The summed E-state index contributed by atoms with van der Waals surface area (Å²) in [6.07, 6.45) is 0. The molecule has 4 nitrogen and oxygen atoms in total. The highest BCUT2D eigenvalue weighted by molar-refractivity contribution is 5.58. The van der Waals surface area contributed by atoms with Gasteiger partial charge in [-0.1, -0.05) is 22.9 Å². The van der Waals surface area contributed by atoms with Crippen LogP contribution in [0.4, 0.5) is 0 Å². The molecule has 0 radical (unpaired) electrons. The van der Waals surface area contributed by atoms with Gasteiger partial charge in [-0.3, -0.25) is 0 Å². The van der Waals surface area contributed by atoms with E-state index in [0.717, 1.165) is 11.1 Å². The number of nitrogens with one attached hydrogen (secondary N) is 1. The van der Waals surface area contributed by atoms with Gasteiger partial charge in [-0.2, -0.15) is 4.98 Å². The normalized spacial score (nSPS) is 10.7. The number of rotatable bonds is 3. The molecule has 1 aromatic carbocycles. The van der Waals surface area contributed by atoms with E-state index in [1.807, 2.05) is 26.1 Å². The van der Waals surface area contributed by atoms with Crippen molar-refractivity contribution >= 4 is 0 Å². The van der Waals surface area contributed by atoms with Crippen LogP contribution in [0, 0.1) is 13.8 Å². The molecule has 4 heteroatoms. The molecular weight excluding hydrogens is 202 g/mol. The molecule has 0 saturated heterocycles. The summed E-state index contributed by atoms with van der Waals surface area (Å²) in [5, 5.41) is 6.88. The summed E-state index contributed by atoms with van der Waals surface area (Å²) in [4.78, 5) is 4.32. The van der Waals surface area contributed by atoms with Gasteiger partial charge in [0.15, 0.2) is 5.82 Å². The van der Waals surface area contributed by atoms with Crippen molar-refractivity contribution in [2.75, 3.05) is 7.05 Å². The maximum Gasteiger partial charge on any atom is 0.258 e. The van der Waals surface area contributed by atoms with Crippen LogP contribution >= 0.6 is 0 Å². The SMILES string of the molecule is CNCc1noc(-c2ccc(C)cc2C)n1. The monoisotopic (exact) mass is 217 g/mol. The highest BCUT2D eigenvalue weighted by Gasteiger charge is 2.10. The van der Waals surface area contributed by atoms with Crippen LogP contribution in [0.25, 0.3) is 11.5 Å². The van der Waals surface area contributed by atoms with E-state index in [1.165, 1.54) is 5.56 Å². The zero-order valence-electron chi connectivity index (χ0n) is 9.74. The molecule has 0 fully saturated rings. The van der Waals surface area contributed by atoms with E-state index in [1.54, 1.807) is 0 Å². The Balaban J connectivity index is 2.35. The average Bonchev–Trinajstić information content (AvgIpc) is 2.67. The summed E-state index contributed by atoms with van der Waals surface area (Å²) in [5.74, 6) is 1.26. The van der Waals surface area contributed by atoms with Crippen molar-refractivity contribution in [3.05, 3.63) is 35.2 Å². The number of aromatic nitrogens is 2. The lowest BCUT2D eigenvalue weighted by atomic mass is 10.1. The Bertz CT molecular complexity index is 491. The Hall–Kier alpha value is -1.68. The molecule has 1 N–H and O–H groups in total. The van der Waals surface area contributed by atoms with Crippen molar-refractivity contribution in [1.29, 1.82) is 0 Å². The minimum Gasteiger partial charge on any atom is -0.334 e. The first-order chi connectivity index (χ1) is 7.70. The second-order valence-corrected chi connectivity index (χ2v) is 3.86. The third kappa shape index (κ3) is 2.12. The molecule has 16 heavy (non-hydrogen) atoms. The Labute approximate surface area is 94.7 Å². The molecule has 0 unspecified atom stereocenters. The van der Waals surface area contributed by atoms with Gasteiger partial charge < -0.3 is 9.84 Å². The van der Waals surface area contributed by atoms with E-state index in [-0.39, 0.29) is 0 Å². The maximum atomic E-state index is 5.22. The van der Waals surface area contributed by atoms with Gasteiger partial charge in [-0.25, -0.2) is 0 Å². The minimum atomic E-state index is 0.586. The van der Waals surface area contributed by atoms with Crippen LogP contribution in [0.1, 0.15) is 17.0 Å². The van der Waals surface area contributed by atoms with Crippen molar-refractivity contribution in [1.82, 2.24) is 15.5 Å². The Morgan fingerprint density at radius 2 is 2.12 bits per heavy atom. The van der Waals surface area contributed by atoms with E-state index in [2.05, 4.69) is 28.4 Å². The van der Waals surface area contributed by atoms with E-state index in [0.29, 0.717) is 18.3 Å². The van der Waals surface area contributed by atoms with E-state index in [9.17, 15) is 0 Å². The number of nitrogens with zero attached hydrogens (tertiary/aromatic N) is 2. The Morgan fingerprint density at radius 3 is 2.81 bits per heavy atom. The molecule has 2 rings (SSSR count). The first-order valence-corrected chi connectivity index (χ1v) is 5.25. The van der Waals surface area contributed by atoms with Crippen LogP contribution in [0.15, 0.2) is 22.7 Å². The van der Waals surface area contributed by atoms with Crippen molar-refractivity contribution in [3.63, 3.8) is 0 Å². The highest BCUT2D eigenvalue weighted by atomic mass is 16.5. The third-order valence-electron chi connectivity index (χ3n) is 2.42. The Kier molecular flexibility index (Phi) is 3.01. The summed E-state index contributed by atoms with van der Waals surface area (Å²) in [6.45, 7) is 4.73. The molecule has 0 spiro atoms. The standard InChI is InChI=1S/C12H15N3O/c1-8-4-5-10(9(2)6-8)12-14-11(7-13-3)15-16-12/h4-6,13H,7H2,1-3H3. The molecule has 1 heterocycles. The minimum absolute atomic E-state index is 0.586. The topological polar surface area (TPSA) is 51.0 Å². The summed E-state index contributed by atoms with van der Waals surface area (Å²) in [5.41, 5.74) is 3.39. The quantitative estimate of drug-likeness (QED) is 0.855. The van der Waals surface area contributed by atoms with Crippen molar-refractivity contribution in [2.45, 2.75) is 20.4 Å². The molecule has 0 saturated carbocycles. The molecule has 0 bridgehead atoms. The molecule has 0 amide bonds.